The Morgan fingerprint density at radius 2 is 1.47 bits per heavy atom. The van der Waals surface area contributed by atoms with Gasteiger partial charge in [-0.2, -0.15) is 7.99 Å². The highest BCUT2D eigenvalue weighted by Gasteiger charge is 2.25. The van der Waals surface area contributed by atoms with E-state index in [1.54, 1.807) is 45.5 Å². The summed E-state index contributed by atoms with van der Waals surface area (Å²) in [5, 5.41) is 3.32. The maximum absolute atomic E-state index is 13.3. The van der Waals surface area contributed by atoms with Crippen molar-refractivity contribution in [2.24, 2.45) is 0 Å². The Kier molecular flexibility index (Phi) is 2.81. The molecule has 0 aliphatic heterocycles. The second-order valence-corrected chi connectivity index (χ2v) is 4.57. The molecule has 0 saturated heterocycles. The molecule has 0 fully saturated rings. The van der Waals surface area contributed by atoms with Crippen LogP contribution >= 0.6 is 45.5 Å². The van der Waals surface area contributed by atoms with E-state index in [2.05, 4.69) is 5.10 Å². The van der Waals surface area contributed by atoms with Crippen LogP contribution in [0.1, 0.15) is 0 Å². The minimum atomic E-state index is -1.82. The van der Waals surface area contributed by atoms with Crippen molar-refractivity contribution in [3.63, 3.8) is 0 Å². The van der Waals surface area contributed by atoms with Gasteiger partial charge < -0.3 is 0 Å². The number of rotatable bonds is 0. The van der Waals surface area contributed by atoms with E-state index in [0.717, 1.165) is 2.90 Å². The van der Waals surface area contributed by atoms with Crippen molar-refractivity contribution in [2.45, 2.75) is 0 Å². The first-order valence-corrected chi connectivity index (χ1v) is 5.55. The van der Waals surface area contributed by atoms with Crippen molar-refractivity contribution in [3.05, 3.63) is 27.0 Å². The van der Waals surface area contributed by atoms with Gasteiger partial charge in [-0.25, -0.2) is 17.6 Å². The SMILES string of the molecule is Fc1c(F)c(F)c2c(c(I)nn2I)c1F. The normalized spacial score (nSPS) is 11.3. The molecule has 0 aliphatic carbocycles. The van der Waals surface area contributed by atoms with Crippen LogP contribution in [-0.2, 0) is 0 Å². The lowest BCUT2D eigenvalue weighted by molar-refractivity contribution is 0.417. The lowest BCUT2D eigenvalue weighted by Crippen LogP contribution is -1.98. The average Bonchev–Trinajstić information content (AvgIpc) is 2.47. The third-order valence-electron chi connectivity index (χ3n) is 1.81. The fraction of sp³-hybridized carbons (Fsp3) is 0. The fourth-order valence-electron chi connectivity index (χ4n) is 1.16. The van der Waals surface area contributed by atoms with Crippen LogP contribution in [0.5, 0.6) is 0 Å². The van der Waals surface area contributed by atoms with Crippen molar-refractivity contribution in [2.75, 3.05) is 0 Å². The van der Waals surface area contributed by atoms with Crippen molar-refractivity contribution in [1.82, 2.24) is 7.99 Å². The van der Waals surface area contributed by atoms with E-state index < -0.39 is 28.8 Å². The smallest absolute Gasteiger partial charge is 0.199 e. The Morgan fingerprint density at radius 3 is 2.07 bits per heavy atom. The van der Waals surface area contributed by atoms with E-state index in [1.165, 1.54) is 0 Å². The molecule has 0 saturated carbocycles. The van der Waals surface area contributed by atoms with Gasteiger partial charge in [-0.05, 0) is 22.6 Å². The Labute approximate surface area is 108 Å². The molecule has 8 heteroatoms. The first-order valence-electron chi connectivity index (χ1n) is 3.51. The van der Waals surface area contributed by atoms with Crippen molar-refractivity contribution >= 4 is 56.4 Å². The Hall–Kier alpha value is -0.130. The topological polar surface area (TPSA) is 17.8 Å². The van der Waals surface area contributed by atoms with Gasteiger partial charge in [0.25, 0.3) is 0 Å². The lowest BCUT2D eigenvalue weighted by atomic mass is 10.2. The Bertz CT molecular complexity index is 518. The van der Waals surface area contributed by atoms with Crippen LogP contribution in [-0.4, -0.2) is 7.99 Å². The van der Waals surface area contributed by atoms with Gasteiger partial charge in [0, 0.05) is 0 Å². The summed E-state index contributed by atoms with van der Waals surface area (Å²) in [6.07, 6.45) is 0. The molecule has 0 atom stereocenters. The summed E-state index contributed by atoms with van der Waals surface area (Å²) < 4.78 is 53.3. The summed E-state index contributed by atoms with van der Waals surface area (Å²) in [6.45, 7) is 0. The quantitative estimate of drug-likeness (QED) is 0.265. The number of benzene rings is 1. The van der Waals surface area contributed by atoms with Crippen molar-refractivity contribution in [1.29, 1.82) is 0 Å². The van der Waals surface area contributed by atoms with Gasteiger partial charge in [-0.3, -0.25) is 0 Å². The monoisotopic (exact) mass is 442 g/mol. The van der Waals surface area contributed by atoms with Crippen molar-refractivity contribution < 1.29 is 17.6 Å². The molecule has 0 amide bonds. The standard InChI is InChI=1S/C7F4I2N2/c8-2-1-6(15(13)14-7(1)12)5(11)4(10)3(2)9. The van der Waals surface area contributed by atoms with E-state index >= 15 is 0 Å². The second-order valence-electron chi connectivity index (χ2n) is 2.63. The molecule has 2 aromatic rings. The molecule has 2 nitrogen and oxygen atoms in total. The fourth-order valence-corrected chi connectivity index (χ4v) is 2.95. The molecule has 0 bridgehead atoms. The number of hydrogen-bond acceptors (Lipinski definition) is 1. The maximum atomic E-state index is 13.3. The van der Waals surface area contributed by atoms with E-state index in [0.29, 0.717) is 0 Å². The second kappa shape index (κ2) is 3.71. The highest BCUT2D eigenvalue weighted by molar-refractivity contribution is 14.1. The van der Waals surface area contributed by atoms with Gasteiger partial charge in [0.15, 0.2) is 23.3 Å². The summed E-state index contributed by atoms with van der Waals surface area (Å²) in [5.41, 5.74) is -0.392. The number of fused-ring (bicyclic) bond motifs is 1. The minimum Gasteiger partial charge on any atom is -0.203 e. The Morgan fingerprint density at radius 1 is 0.933 bits per heavy atom. The van der Waals surface area contributed by atoms with Gasteiger partial charge in [0.1, 0.15) is 9.22 Å². The van der Waals surface area contributed by atoms with Crippen LogP contribution in [0.15, 0.2) is 0 Å². The summed E-state index contributed by atoms with van der Waals surface area (Å²) in [5.74, 6) is -6.50. The number of halogens is 6. The number of aromatic nitrogens is 2. The van der Waals surface area contributed by atoms with Crippen LogP contribution in [0.25, 0.3) is 10.9 Å². The molecule has 0 radical (unpaired) electrons. The van der Waals surface area contributed by atoms with Gasteiger partial charge in [0.2, 0.25) is 0 Å². The molecule has 0 N–H and O–H groups in total. The maximum Gasteiger partial charge on any atom is 0.199 e. The van der Waals surface area contributed by atoms with E-state index in [1.807, 2.05) is 0 Å². The first-order chi connectivity index (χ1) is 6.95. The Balaban J connectivity index is 3.10. The predicted molar refractivity (Wildman–Crippen MR) is 61.7 cm³/mol. The summed E-state index contributed by atoms with van der Waals surface area (Å²) in [6, 6.07) is 0. The lowest BCUT2D eigenvalue weighted by Gasteiger charge is -2.00. The highest BCUT2D eigenvalue weighted by atomic mass is 127. The van der Waals surface area contributed by atoms with Crippen molar-refractivity contribution in [3.8, 4) is 0 Å². The van der Waals surface area contributed by atoms with Gasteiger partial charge in [-0.1, -0.05) is 0 Å². The third-order valence-corrected chi connectivity index (χ3v) is 3.26. The van der Waals surface area contributed by atoms with Crippen LogP contribution in [0.3, 0.4) is 0 Å². The highest BCUT2D eigenvalue weighted by Crippen LogP contribution is 2.30. The zero-order valence-electron chi connectivity index (χ0n) is 6.66. The molecule has 15 heavy (non-hydrogen) atoms. The average molecular weight is 442 g/mol. The van der Waals surface area contributed by atoms with Gasteiger partial charge >= 0.3 is 0 Å². The van der Waals surface area contributed by atoms with Crippen LogP contribution in [0, 0.1) is 27.0 Å². The molecule has 1 aromatic heterocycles. The first kappa shape index (κ1) is 11.4. The molecule has 0 spiro atoms. The zero-order chi connectivity index (χ0) is 11.3. The predicted octanol–water partition coefficient (Wildman–Crippen LogP) is 3.40. The number of hydrogen-bond donors (Lipinski definition) is 0. The van der Waals surface area contributed by atoms with Crippen LogP contribution < -0.4 is 0 Å². The molecule has 1 heterocycles. The van der Waals surface area contributed by atoms with Gasteiger partial charge in [0.05, 0.1) is 28.3 Å². The summed E-state index contributed by atoms with van der Waals surface area (Å²) in [7, 11) is 0. The van der Waals surface area contributed by atoms with E-state index in [9.17, 15) is 17.6 Å². The van der Waals surface area contributed by atoms with Gasteiger partial charge in [-0.15, -0.1) is 0 Å². The zero-order valence-corrected chi connectivity index (χ0v) is 11.0. The molecule has 0 aliphatic rings. The number of nitrogens with zero attached hydrogens (tertiary/aromatic N) is 2. The summed E-state index contributed by atoms with van der Waals surface area (Å²) in [4.78, 5) is 0. The minimum absolute atomic E-state index is 0.0762. The molecular weight excluding hydrogens is 442 g/mol. The molecule has 1 aromatic carbocycles. The molecule has 80 valence electrons. The molecule has 0 unspecified atom stereocenters. The molecular formula is C7F4I2N2. The van der Waals surface area contributed by atoms with E-state index in [4.69, 9.17) is 0 Å². The van der Waals surface area contributed by atoms with Crippen LogP contribution in [0.4, 0.5) is 17.6 Å². The summed E-state index contributed by atoms with van der Waals surface area (Å²) >= 11 is 3.17. The molecule has 2 rings (SSSR count). The van der Waals surface area contributed by atoms with E-state index in [-0.39, 0.29) is 9.09 Å². The largest absolute Gasteiger partial charge is 0.203 e. The van der Waals surface area contributed by atoms with Crippen LogP contribution in [0.2, 0.25) is 0 Å². The third kappa shape index (κ3) is 1.52.